The summed E-state index contributed by atoms with van der Waals surface area (Å²) in [5.74, 6) is 0.322. The van der Waals surface area contributed by atoms with E-state index in [0.29, 0.717) is 5.75 Å². The molecule has 0 aromatic heterocycles. The molecule has 1 aromatic rings. The summed E-state index contributed by atoms with van der Waals surface area (Å²) < 4.78 is 0. The Balaban J connectivity index is 0. The summed E-state index contributed by atoms with van der Waals surface area (Å²) in [6.45, 7) is 5.93. The van der Waals surface area contributed by atoms with E-state index >= 15 is 0 Å². The van der Waals surface area contributed by atoms with Gasteiger partial charge >= 0.3 is 0 Å². The van der Waals surface area contributed by atoms with Crippen molar-refractivity contribution in [3.63, 3.8) is 0 Å². The van der Waals surface area contributed by atoms with Gasteiger partial charge in [-0.3, -0.25) is 0 Å². The Labute approximate surface area is 117 Å². The smallest absolute Gasteiger partial charge is 0.115 e. The predicted octanol–water partition coefficient (Wildman–Crippen LogP) is 3.79. The first-order chi connectivity index (χ1) is 6.31. The largest absolute Gasteiger partial charge is 0.508 e. The zero-order chi connectivity index (χ0) is 9.94. The fourth-order valence-corrected chi connectivity index (χ4v) is 0.855. The molecule has 0 saturated heterocycles. The Kier molecular flexibility index (Phi) is 15.8. The van der Waals surface area contributed by atoms with Crippen LogP contribution in [0, 0.1) is 44.2 Å². The van der Waals surface area contributed by atoms with Crippen molar-refractivity contribution in [3.8, 4) is 5.75 Å². The van der Waals surface area contributed by atoms with Gasteiger partial charge in [-0.1, -0.05) is 44.4 Å². The van der Waals surface area contributed by atoms with Crippen LogP contribution in [-0.4, -0.2) is 5.11 Å². The quantitative estimate of drug-likeness (QED) is 0.652. The van der Waals surface area contributed by atoms with E-state index in [4.69, 9.17) is 5.11 Å². The molecule has 1 aromatic carbocycles. The molecule has 0 aliphatic heterocycles. The molecule has 0 radical (unpaired) electrons. The van der Waals surface area contributed by atoms with Crippen LogP contribution in [0.4, 0.5) is 0 Å². The van der Waals surface area contributed by atoms with Gasteiger partial charge in [-0.2, -0.15) is 6.42 Å². The summed E-state index contributed by atoms with van der Waals surface area (Å²) in [7, 11) is 0. The van der Waals surface area contributed by atoms with Crippen molar-refractivity contribution in [2.75, 3.05) is 0 Å². The monoisotopic (exact) mass is 345 g/mol. The van der Waals surface area contributed by atoms with Crippen LogP contribution < -0.4 is 0 Å². The van der Waals surface area contributed by atoms with Crippen molar-refractivity contribution in [1.82, 2.24) is 0 Å². The third kappa shape index (κ3) is 12.3. The molecule has 2 heteroatoms. The number of phenolic OH excluding ortho intramolecular Hbond substituents is 1. The Morgan fingerprint density at radius 3 is 1.93 bits per heavy atom. The van der Waals surface area contributed by atoms with E-state index in [0.717, 1.165) is 6.42 Å². The first-order valence-electron chi connectivity index (χ1n) is 4.84. The second-order valence-electron chi connectivity index (χ2n) is 2.90. The zero-order valence-electron chi connectivity index (χ0n) is 8.66. The van der Waals surface area contributed by atoms with Crippen LogP contribution >= 0.6 is 0 Å². The molecular weight excluding hydrogens is 327 g/mol. The van der Waals surface area contributed by atoms with E-state index in [1.165, 1.54) is 19.3 Å². The van der Waals surface area contributed by atoms with Gasteiger partial charge in [0.2, 0.25) is 0 Å². The van der Waals surface area contributed by atoms with Crippen LogP contribution in [-0.2, 0) is 0 Å². The molecule has 0 fully saturated rings. The van der Waals surface area contributed by atoms with Crippen LogP contribution in [0.5, 0.6) is 5.75 Å². The summed E-state index contributed by atoms with van der Waals surface area (Å²) >= 11 is 0. The van der Waals surface area contributed by atoms with Crippen molar-refractivity contribution in [3.05, 3.63) is 37.3 Å². The number of aromatic hydroxyl groups is 1. The van der Waals surface area contributed by atoms with Crippen LogP contribution in [0.1, 0.15) is 32.6 Å². The van der Waals surface area contributed by atoms with Crippen molar-refractivity contribution in [1.29, 1.82) is 0 Å². The van der Waals surface area contributed by atoms with E-state index < -0.39 is 0 Å². The van der Waals surface area contributed by atoms with Crippen LogP contribution in [0.25, 0.3) is 0 Å². The Bertz CT molecular complexity index is 183. The molecule has 0 aliphatic carbocycles. The molecule has 0 aliphatic rings. The fourth-order valence-electron chi connectivity index (χ4n) is 0.855. The first kappa shape index (κ1) is 16.7. The molecule has 0 saturated carbocycles. The maximum atomic E-state index is 8.63. The molecule has 86 valence electrons. The molecule has 0 bridgehead atoms. The SMILES string of the molecule is Oc1ccccc1.[CH2-]CCCCC.[Er]. The van der Waals surface area contributed by atoms with Crippen LogP contribution in [0.2, 0.25) is 0 Å². The van der Waals surface area contributed by atoms with E-state index in [1.807, 2.05) is 6.07 Å². The van der Waals surface area contributed by atoms with Gasteiger partial charge in [0.15, 0.2) is 0 Å². The van der Waals surface area contributed by atoms with E-state index in [9.17, 15) is 0 Å². The number of benzene rings is 1. The van der Waals surface area contributed by atoms with Gasteiger partial charge in [0, 0.05) is 37.3 Å². The third-order valence-corrected chi connectivity index (χ3v) is 1.61. The molecular formula is C12H19ErO-. The molecule has 0 atom stereocenters. The number of phenols is 1. The number of unbranched alkanes of at least 4 members (excludes halogenated alkanes) is 3. The summed E-state index contributed by atoms with van der Waals surface area (Å²) in [6, 6.07) is 8.71. The molecule has 14 heavy (non-hydrogen) atoms. The molecule has 0 unspecified atom stereocenters. The Morgan fingerprint density at radius 1 is 1.14 bits per heavy atom. The summed E-state index contributed by atoms with van der Waals surface area (Å²) in [4.78, 5) is 0. The van der Waals surface area contributed by atoms with Gasteiger partial charge in [0.25, 0.3) is 0 Å². The van der Waals surface area contributed by atoms with Gasteiger partial charge in [-0.15, -0.1) is 0 Å². The third-order valence-electron chi connectivity index (χ3n) is 1.61. The second-order valence-corrected chi connectivity index (χ2v) is 2.90. The van der Waals surface area contributed by atoms with Gasteiger partial charge in [-0.25, -0.2) is 0 Å². The Morgan fingerprint density at radius 2 is 1.71 bits per heavy atom. The summed E-state index contributed by atoms with van der Waals surface area (Å²) in [6.07, 6.45) is 5.07. The molecule has 0 amide bonds. The predicted molar refractivity (Wildman–Crippen MR) is 57.6 cm³/mol. The first-order valence-corrected chi connectivity index (χ1v) is 4.84. The second kappa shape index (κ2) is 13.3. The minimum absolute atomic E-state index is 0. The van der Waals surface area contributed by atoms with Gasteiger partial charge in [0.1, 0.15) is 5.75 Å². The van der Waals surface area contributed by atoms with Gasteiger partial charge in [0.05, 0.1) is 0 Å². The summed E-state index contributed by atoms with van der Waals surface area (Å²) in [5.41, 5.74) is 0. The minimum atomic E-state index is 0. The molecule has 1 rings (SSSR count). The normalized spacial score (nSPS) is 8.14. The van der Waals surface area contributed by atoms with Crippen molar-refractivity contribution in [2.45, 2.75) is 32.6 Å². The maximum absolute atomic E-state index is 8.63. The maximum Gasteiger partial charge on any atom is 0.115 e. The average Bonchev–Trinajstić information content (AvgIpc) is 2.17. The van der Waals surface area contributed by atoms with Crippen molar-refractivity contribution >= 4 is 0 Å². The Hall–Kier alpha value is 0.267. The topological polar surface area (TPSA) is 20.2 Å². The molecule has 0 heterocycles. The molecule has 0 spiro atoms. The van der Waals surface area contributed by atoms with Gasteiger partial charge < -0.3 is 12.0 Å². The number of hydrogen-bond donors (Lipinski definition) is 1. The van der Waals surface area contributed by atoms with Crippen molar-refractivity contribution < 1.29 is 42.4 Å². The number of para-hydroxylation sites is 1. The minimum Gasteiger partial charge on any atom is -0.508 e. The van der Waals surface area contributed by atoms with Gasteiger partial charge in [-0.05, 0) is 12.1 Å². The zero-order valence-corrected chi connectivity index (χ0v) is 10.5. The molecule has 1 N–H and O–H groups in total. The van der Waals surface area contributed by atoms with E-state index in [2.05, 4.69) is 13.8 Å². The average molecular weight is 347 g/mol. The van der Waals surface area contributed by atoms with E-state index in [-0.39, 0.29) is 37.3 Å². The van der Waals surface area contributed by atoms with E-state index in [1.54, 1.807) is 24.3 Å². The van der Waals surface area contributed by atoms with Crippen molar-refractivity contribution in [2.24, 2.45) is 0 Å². The fraction of sp³-hybridized carbons (Fsp3) is 0.417. The van der Waals surface area contributed by atoms with Crippen LogP contribution in [0.15, 0.2) is 30.3 Å². The summed E-state index contributed by atoms with van der Waals surface area (Å²) in [5, 5.41) is 8.63. The number of rotatable bonds is 3. The molecule has 1 nitrogen and oxygen atoms in total. The van der Waals surface area contributed by atoms with Crippen LogP contribution in [0.3, 0.4) is 0 Å². The number of hydrogen-bond acceptors (Lipinski definition) is 1. The standard InChI is InChI=1S/C6H6O.C6H13.Er/c7-6-4-2-1-3-5-6;1-3-5-6-4-2;/h1-5,7H;1,3-6H2,2H3;/q;-1;.